The fourth-order valence-corrected chi connectivity index (χ4v) is 2.36. The van der Waals surface area contributed by atoms with E-state index < -0.39 is 5.54 Å². The molecule has 2 amide bonds. The van der Waals surface area contributed by atoms with Gasteiger partial charge < -0.3 is 16.0 Å². The maximum absolute atomic E-state index is 12.4. The van der Waals surface area contributed by atoms with Gasteiger partial charge in [0.1, 0.15) is 0 Å². The number of nitrogens with one attached hydrogen (secondary N) is 1. The third-order valence-electron chi connectivity index (χ3n) is 4.25. The summed E-state index contributed by atoms with van der Waals surface area (Å²) in [4.78, 5) is 29.7. The molecule has 1 saturated carbocycles. The van der Waals surface area contributed by atoms with Gasteiger partial charge in [0.25, 0.3) is 5.91 Å². The summed E-state index contributed by atoms with van der Waals surface area (Å²) < 4.78 is 0. The van der Waals surface area contributed by atoms with E-state index in [2.05, 4.69) is 10.3 Å². The number of aromatic nitrogens is 1. The number of amides is 2. The molecule has 0 spiro atoms. The van der Waals surface area contributed by atoms with Crippen LogP contribution in [0.2, 0.25) is 0 Å². The Bertz CT molecular complexity index is 750. The van der Waals surface area contributed by atoms with Gasteiger partial charge in [0.05, 0.1) is 5.54 Å². The van der Waals surface area contributed by atoms with Crippen molar-refractivity contribution in [2.75, 3.05) is 11.9 Å². The molecule has 0 atom stereocenters. The summed E-state index contributed by atoms with van der Waals surface area (Å²) in [5, 5.41) is 2.85. The molecular weight excluding hydrogens is 375 g/mol. The van der Waals surface area contributed by atoms with Crippen molar-refractivity contribution < 1.29 is 9.59 Å². The second-order valence-electron chi connectivity index (χ2n) is 6.11. The highest BCUT2D eigenvalue weighted by atomic mass is 35.5. The van der Waals surface area contributed by atoms with E-state index >= 15 is 0 Å². The van der Waals surface area contributed by atoms with Gasteiger partial charge in [-0.25, -0.2) is 0 Å². The van der Waals surface area contributed by atoms with Gasteiger partial charge in [-0.2, -0.15) is 0 Å². The lowest BCUT2D eigenvalue weighted by Crippen LogP contribution is -2.42. The molecule has 140 valence electrons. The van der Waals surface area contributed by atoms with Crippen LogP contribution in [-0.4, -0.2) is 29.4 Å². The average Bonchev–Trinajstić information content (AvgIpc) is 3.38. The van der Waals surface area contributed by atoms with Crippen molar-refractivity contribution in [3.63, 3.8) is 0 Å². The number of nitrogens with zero attached hydrogens (tertiary/aromatic N) is 2. The first-order valence-electron chi connectivity index (χ1n) is 7.84. The minimum absolute atomic E-state index is 0. The van der Waals surface area contributed by atoms with Crippen molar-refractivity contribution in [2.45, 2.75) is 24.9 Å². The number of halogens is 2. The number of nitrogens with two attached hydrogens (primary N) is 1. The van der Waals surface area contributed by atoms with Gasteiger partial charge in [0.2, 0.25) is 5.91 Å². The number of carbonyl (C=O) groups excluding carboxylic acids is 2. The first-order valence-corrected chi connectivity index (χ1v) is 7.84. The summed E-state index contributed by atoms with van der Waals surface area (Å²) in [6.07, 6.45) is 4.69. The highest BCUT2D eigenvalue weighted by molar-refractivity contribution is 6.05. The first kappa shape index (κ1) is 21.9. The summed E-state index contributed by atoms with van der Waals surface area (Å²) in [5.41, 5.74) is 7.52. The van der Waals surface area contributed by atoms with Crippen LogP contribution in [0.1, 0.15) is 28.8 Å². The lowest BCUT2D eigenvalue weighted by atomic mass is 10.1. The SMILES string of the molecule is CN(C(=O)c1ccncc1)c1ccc(CNC(=O)C2(N)CC2)cc1.Cl.Cl. The molecule has 0 bridgehead atoms. The summed E-state index contributed by atoms with van der Waals surface area (Å²) in [5.74, 6) is -0.200. The Balaban J connectivity index is 0.00000169. The van der Waals surface area contributed by atoms with E-state index in [1.807, 2.05) is 24.3 Å². The second kappa shape index (κ2) is 8.98. The molecule has 0 saturated heterocycles. The molecular formula is C18H22Cl2N4O2. The zero-order valence-corrected chi connectivity index (χ0v) is 16.0. The minimum atomic E-state index is -0.656. The van der Waals surface area contributed by atoms with E-state index in [1.165, 1.54) is 0 Å². The topological polar surface area (TPSA) is 88.3 Å². The molecule has 0 unspecified atom stereocenters. The predicted molar refractivity (Wildman–Crippen MR) is 106 cm³/mol. The predicted octanol–water partition coefficient (Wildman–Crippen LogP) is 2.31. The summed E-state index contributed by atoms with van der Waals surface area (Å²) in [6.45, 7) is 0.431. The van der Waals surface area contributed by atoms with Crippen molar-refractivity contribution in [1.82, 2.24) is 10.3 Å². The monoisotopic (exact) mass is 396 g/mol. The lowest BCUT2D eigenvalue weighted by molar-refractivity contribution is -0.123. The number of anilines is 1. The van der Waals surface area contributed by atoms with Gasteiger partial charge >= 0.3 is 0 Å². The maximum Gasteiger partial charge on any atom is 0.258 e. The van der Waals surface area contributed by atoms with Crippen LogP contribution >= 0.6 is 24.8 Å². The molecule has 8 heteroatoms. The van der Waals surface area contributed by atoms with E-state index in [4.69, 9.17) is 5.73 Å². The maximum atomic E-state index is 12.4. The second-order valence-corrected chi connectivity index (χ2v) is 6.11. The van der Waals surface area contributed by atoms with Crippen LogP contribution in [0.15, 0.2) is 48.8 Å². The van der Waals surface area contributed by atoms with Crippen LogP contribution < -0.4 is 16.0 Å². The Kier molecular flexibility index (Phi) is 7.56. The summed E-state index contributed by atoms with van der Waals surface area (Å²) in [6, 6.07) is 10.9. The Hall–Kier alpha value is -2.15. The largest absolute Gasteiger partial charge is 0.350 e. The molecule has 1 aliphatic rings. The molecule has 3 rings (SSSR count). The number of hydrogen-bond donors (Lipinski definition) is 2. The summed E-state index contributed by atoms with van der Waals surface area (Å²) in [7, 11) is 1.73. The molecule has 6 nitrogen and oxygen atoms in total. The molecule has 1 aromatic heterocycles. The highest BCUT2D eigenvalue weighted by Gasteiger charge is 2.45. The van der Waals surface area contributed by atoms with Crippen molar-refractivity contribution in [3.05, 3.63) is 59.9 Å². The van der Waals surface area contributed by atoms with Gasteiger partial charge in [0, 0.05) is 37.2 Å². The van der Waals surface area contributed by atoms with E-state index in [-0.39, 0.29) is 36.6 Å². The third kappa shape index (κ3) is 4.94. The van der Waals surface area contributed by atoms with Crippen molar-refractivity contribution in [2.24, 2.45) is 5.73 Å². The lowest BCUT2D eigenvalue weighted by Gasteiger charge is -2.18. The molecule has 2 aromatic rings. The molecule has 1 aliphatic carbocycles. The van der Waals surface area contributed by atoms with Crippen LogP contribution in [-0.2, 0) is 11.3 Å². The van der Waals surface area contributed by atoms with E-state index in [0.29, 0.717) is 12.1 Å². The molecule has 1 fully saturated rings. The molecule has 3 N–H and O–H groups in total. The van der Waals surface area contributed by atoms with Crippen molar-refractivity contribution >= 4 is 42.3 Å². The van der Waals surface area contributed by atoms with Crippen LogP contribution in [0.25, 0.3) is 0 Å². The number of rotatable bonds is 5. The first-order chi connectivity index (χ1) is 11.5. The minimum Gasteiger partial charge on any atom is -0.350 e. The normalized spacial score (nSPS) is 13.6. The number of benzene rings is 1. The Labute approximate surface area is 165 Å². The average molecular weight is 397 g/mol. The number of carbonyl (C=O) groups is 2. The van der Waals surface area contributed by atoms with Crippen LogP contribution in [0.3, 0.4) is 0 Å². The fraction of sp³-hybridized carbons (Fsp3) is 0.278. The molecule has 1 aromatic carbocycles. The van der Waals surface area contributed by atoms with Crippen LogP contribution in [0.4, 0.5) is 5.69 Å². The van der Waals surface area contributed by atoms with Crippen molar-refractivity contribution in [1.29, 1.82) is 0 Å². The van der Waals surface area contributed by atoms with Gasteiger partial charge in [0.15, 0.2) is 0 Å². The van der Waals surface area contributed by atoms with E-state index in [9.17, 15) is 9.59 Å². The van der Waals surface area contributed by atoms with Gasteiger partial charge in [-0.05, 0) is 42.7 Å². The highest BCUT2D eigenvalue weighted by Crippen LogP contribution is 2.32. The Morgan fingerprint density at radius 1 is 1.12 bits per heavy atom. The Morgan fingerprint density at radius 3 is 2.23 bits per heavy atom. The van der Waals surface area contributed by atoms with Crippen LogP contribution in [0, 0.1) is 0 Å². The standard InChI is InChI=1S/C18H20N4O2.2ClH/c1-22(16(23)14-6-10-20-11-7-14)15-4-2-13(3-5-15)12-21-17(24)18(19)8-9-18;;/h2-7,10-11H,8-9,12,19H2,1H3,(H,21,24);2*1H. The zero-order valence-electron chi connectivity index (χ0n) is 14.3. The molecule has 26 heavy (non-hydrogen) atoms. The van der Waals surface area contributed by atoms with Crippen molar-refractivity contribution in [3.8, 4) is 0 Å². The fourth-order valence-electron chi connectivity index (χ4n) is 2.36. The van der Waals surface area contributed by atoms with Crippen LogP contribution in [0.5, 0.6) is 0 Å². The zero-order chi connectivity index (χ0) is 17.2. The Morgan fingerprint density at radius 2 is 1.69 bits per heavy atom. The smallest absolute Gasteiger partial charge is 0.258 e. The van der Waals surface area contributed by atoms with E-state index in [0.717, 1.165) is 24.1 Å². The number of hydrogen-bond acceptors (Lipinski definition) is 4. The third-order valence-corrected chi connectivity index (χ3v) is 4.25. The van der Waals surface area contributed by atoms with Gasteiger partial charge in [-0.1, -0.05) is 12.1 Å². The van der Waals surface area contributed by atoms with Gasteiger partial charge in [-0.15, -0.1) is 24.8 Å². The molecule has 0 aliphatic heterocycles. The van der Waals surface area contributed by atoms with E-state index in [1.54, 1.807) is 36.5 Å². The number of pyridine rings is 1. The molecule has 0 radical (unpaired) electrons. The molecule has 1 heterocycles. The van der Waals surface area contributed by atoms with Gasteiger partial charge in [-0.3, -0.25) is 14.6 Å². The summed E-state index contributed by atoms with van der Waals surface area (Å²) >= 11 is 0. The quantitative estimate of drug-likeness (QED) is 0.811.